The fourth-order valence-electron chi connectivity index (χ4n) is 2.40. The van der Waals surface area contributed by atoms with Gasteiger partial charge in [-0.2, -0.15) is 5.26 Å². The molecule has 0 radical (unpaired) electrons. The summed E-state index contributed by atoms with van der Waals surface area (Å²) in [5, 5.41) is 12.6. The van der Waals surface area contributed by atoms with E-state index in [0.717, 1.165) is 18.4 Å². The third-order valence-corrected chi connectivity index (χ3v) is 4.63. The van der Waals surface area contributed by atoms with Crippen LogP contribution in [-0.4, -0.2) is 29.8 Å². The number of pyridine rings is 1. The van der Waals surface area contributed by atoms with Gasteiger partial charge in [0.05, 0.1) is 16.8 Å². The quantitative estimate of drug-likeness (QED) is 0.646. The predicted octanol–water partition coefficient (Wildman–Crippen LogP) is 2.85. The first kappa shape index (κ1) is 17.8. The molecule has 1 aromatic heterocycles. The highest BCUT2D eigenvalue weighted by Gasteiger charge is 2.51. The maximum atomic E-state index is 9.38. The van der Waals surface area contributed by atoms with Crippen molar-refractivity contribution >= 4 is 18.4 Å². The molecular weight excluding hydrogens is 289 g/mol. The smallest absolute Gasteiger partial charge is 0.399 e. The average molecular weight is 315 g/mol. The highest BCUT2D eigenvalue weighted by molar-refractivity contribution is 6.62. The van der Waals surface area contributed by atoms with Gasteiger partial charge in [0, 0.05) is 18.2 Å². The van der Waals surface area contributed by atoms with Gasteiger partial charge in [-0.1, -0.05) is 19.8 Å². The number of anilines is 1. The first-order valence-corrected chi connectivity index (χ1v) is 8.30. The van der Waals surface area contributed by atoms with E-state index in [0.29, 0.717) is 11.4 Å². The van der Waals surface area contributed by atoms with Gasteiger partial charge in [0.25, 0.3) is 0 Å². The Morgan fingerprint density at radius 1 is 1.22 bits per heavy atom. The lowest BCUT2D eigenvalue weighted by molar-refractivity contribution is 0.00578. The van der Waals surface area contributed by atoms with E-state index in [9.17, 15) is 5.26 Å². The molecule has 0 amide bonds. The zero-order valence-electron chi connectivity index (χ0n) is 14.8. The summed E-state index contributed by atoms with van der Waals surface area (Å²) in [6.45, 7) is 11.0. The monoisotopic (exact) mass is 315 g/mol. The molecule has 124 valence electrons. The van der Waals surface area contributed by atoms with Gasteiger partial charge >= 0.3 is 7.12 Å². The minimum Gasteiger partial charge on any atom is -0.399 e. The number of hydrogen-bond donors (Lipinski definition) is 1. The van der Waals surface area contributed by atoms with Crippen molar-refractivity contribution in [1.29, 1.82) is 5.26 Å². The van der Waals surface area contributed by atoms with E-state index < -0.39 is 18.3 Å². The van der Waals surface area contributed by atoms with Gasteiger partial charge in [-0.3, -0.25) is 0 Å². The molecule has 0 aromatic carbocycles. The second-order valence-electron chi connectivity index (χ2n) is 7.00. The molecule has 2 rings (SSSR count). The lowest BCUT2D eigenvalue weighted by Gasteiger charge is -2.32. The van der Waals surface area contributed by atoms with Crippen molar-refractivity contribution in [1.82, 2.24) is 4.98 Å². The maximum Gasteiger partial charge on any atom is 0.496 e. The highest BCUT2D eigenvalue weighted by Crippen LogP contribution is 2.36. The summed E-state index contributed by atoms with van der Waals surface area (Å²) >= 11 is 0. The van der Waals surface area contributed by atoms with E-state index in [4.69, 9.17) is 9.31 Å². The van der Waals surface area contributed by atoms with Gasteiger partial charge in [-0.05, 0) is 40.2 Å². The first-order valence-electron chi connectivity index (χ1n) is 8.30. The van der Waals surface area contributed by atoms with Crippen LogP contribution in [-0.2, 0) is 9.31 Å². The van der Waals surface area contributed by atoms with Crippen molar-refractivity contribution in [2.45, 2.75) is 65.1 Å². The molecule has 5 nitrogen and oxygen atoms in total. The highest BCUT2D eigenvalue weighted by atomic mass is 16.7. The molecule has 1 N–H and O–H groups in total. The predicted molar refractivity (Wildman–Crippen MR) is 92.7 cm³/mol. The van der Waals surface area contributed by atoms with Crippen molar-refractivity contribution in [3.8, 4) is 6.07 Å². The van der Waals surface area contributed by atoms with E-state index in [-0.39, 0.29) is 0 Å². The van der Waals surface area contributed by atoms with Gasteiger partial charge in [-0.15, -0.1) is 0 Å². The lowest BCUT2D eigenvalue weighted by atomic mass is 9.79. The van der Waals surface area contributed by atoms with Crippen LogP contribution in [0.2, 0.25) is 0 Å². The van der Waals surface area contributed by atoms with E-state index in [1.807, 2.05) is 27.7 Å². The molecule has 1 aromatic rings. The SMILES string of the molecule is CCCCCNc1ncc(B2OC(C)(C)C(C)(C)O2)cc1C#N. The van der Waals surface area contributed by atoms with Crippen LogP contribution in [0, 0.1) is 11.3 Å². The molecule has 0 aliphatic carbocycles. The van der Waals surface area contributed by atoms with Crippen LogP contribution in [0.15, 0.2) is 12.3 Å². The van der Waals surface area contributed by atoms with Crippen molar-refractivity contribution in [2.75, 3.05) is 11.9 Å². The summed E-state index contributed by atoms with van der Waals surface area (Å²) in [6.07, 6.45) is 5.13. The first-order chi connectivity index (χ1) is 10.8. The standard InChI is InChI=1S/C17H26BN3O2/c1-6-7-8-9-20-15-13(11-19)10-14(12-21-15)18-22-16(2,3)17(4,5)23-18/h10,12H,6-9H2,1-5H3,(H,20,21). The van der Waals surface area contributed by atoms with Crippen LogP contribution >= 0.6 is 0 Å². The molecule has 1 saturated heterocycles. The Morgan fingerprint density at radius 2 is 1.87 bits per heavy atom. The van der Waals surface area contributed by atoms with E-state index in [1.165, 1.54) is 12.8 Å². The molecule has 0 atom stereocenters. The summed E-state index contributed by atoms with van der Waals surface area (Å²) in [4.78, 5) is 4.39. The number of rotatable bonds is 6. The third-order valence-electron chi connectivity index (χ3n) is 4.63. The van der Waals surface area contributed by atoms with Crippen LogP contribution in [0.25, 0.3) is 0 Å². The largest absolute Gasteiger partial charge is 0.496 e. The van der Waals surface area contributed by atoms with Crippen molar-refractivity contribution in [2.24, 2.45) is 0 Å². The summed E-state index contributed by atoms with van der Waals surface area (Å²) in [5.74, 6) is 0.629. The summed E-state index contributed by atoms with van der Waals surface area (Å²) in [7, 11) is -0.492. The number of aromatic nitrogens is 1. The molecule has 1 fully saturated rings. The molecule has 0 spiro atoms. The fourth-order valence-corrected chi connectivity index (χ4v) is 2.40. The zero-order valence-corrected chi connectivity index (χ0v) is 14.8. The second kappa shape index (κ2) is 6.90. The number of nitriles is 1. The van der Waals surface area contributed by atoms with E-state index >= 15 is 0 Å². The normalized spacial score (nSPS) is 18.7. The molecular formula is C17H26BN3O2. The Balaban J connectivity index is 2.12. The lowest BCUT2D eigenvalue weighted by Crippen LogP contribution is -2.41. The zero-order chi connectivity index (χ0) is 17.1. The van der Waals surface area contributed by atoms with Crippen LogP contribution in [0.5, 0.6) is 0 Å². The van der Waals surface area contributed by atoms with Crippen molar-refractivity contribution in [3.63, 3.8) is 0 Å². The van der Waals surface area contributed by atoms with E-state index in [2.05, 4.69) is 23.3 Å². The molecule has 0 saturated carbocycles. The van der Waals surface area contributed by atoms with Gasteiger partial charge < -0.3 is 14.6 Å². The van der Waals surface area contributed by atoms with Crippen LogP contribution < -0.4 is 10.8 Å². The van der Waals surface area contributed by atoms with Crippen LogP contribution in [0.1, 0.15) is 59.4 Å². The van der Waals surface area contributed by atoms with Crippen molar-refractivity contribution in [3.05, 3.63) is 17.8 Å². The average Bonchev–Trinajstić information content (AvgIpc) is 2.72. The van der Waals surface area contributed by atoms with Crippen LogP contribution in [0.3, 0.4) is 0 Å². The van der Waals surface area contributed by atoms with Gasteiger partial charge in [-0.25, -0.2) is 4.98 Å². The Kier molecular flexibility index (Phi) is 5.33. The van der Waals surface area contributed by atoms with E-state index in [1.54, 1.807) is 12.3 Å². The molecule has 6 heteroatoms. The molecule has 2 heterocycles. The van der Waals surface area contributed by atoms with Gasteiger partial charge in [0.1, 0.15) is 11.9 Å². The van der Waals surface area contributed by atoms with Gasteiger partial charge in [0.15, 0.2) is 0 Å². The topological polar surface area (TPSA) is 67.2 Å². The Morgan fingerprint density at radius 3 is 2.43 bits per heavy atom. The van der Waals surface area contributed by atoms with Crippen molar-refractivity contribution < 1.29 is 9.31 Å². The molecule has 0 bridgehead atoms. The molecule has 1 aliphatic rings. The molecule has 0 unspecified atom stereocenters. The maximum absolute atomic E-state index is 9.38. The number of nitrogens with one attached hydrogen (secondary N) is 1. The minimum atomic E-state index is -0.492. The minimum absolute atomic E-state index is 0.401. The summed E-state index contributed by atoms with van der Waals surface area (Å²) in [6, 6.07) is 4.01. The fraction of sp³-hybridized carbons (Fsp3) is 0.647. The number of unbranched alkanes of at least 4 members (excludes halogenated alkanes) is 2. The Hall–Kier alpha value is -1.58. The number of hydrogen-bond acceptors (Lipinski definition) is 5. The summed E-state index contributed by atoms with van der Waals surface area (Å²) < 4.78 is 12.0. The number of nitrogens with zero attached hydrogens (tertiary/aromatic N) is 2. The van der Waals surface area contributed by atoms with Gasteiger partial charge in [0.2, 0.25) is 0 Å². The Labute approximate surface area is 139 Å². The second-order valence-corrected chi connectivity index (χ2v) is 7.00. The molecule has 1 aliphatic heterocycles. The van der Waals surface area contributed by atoms with Crippen LogP contribution in [0.4, 0.5) is 5.82 Å². The third kappa shape index (κ3) is 3.85. The summed E-state index contributed by atoms with van der Waals surface area (Å²) in [5.41, 5.74) is 0.497. The Bertz CT molecular complexity index is 580. The molecule has 23 heavy (non-hydrogen) atoms.